The van der Waals surface area contributed by atoms with Crippen LogP contribution in [0.2, 0.25) is 10.0 Å². The number of anilines is 2. The van der Waals surface area contributed by atoms with E-state index in [1.165, 1.54) is 28.7 Å². The van der Waals surface area contributed by atoms with Crippen molar-refractivity contribution in [3.63, 3.8) is 0 Å². The number of hydrogen-bond acceptors (Lipinski definition) is 8. The average Bonchev–Trinajstić information content (AvgIpc) is 3.58. The van der Waals surface area contributed by atoms with Crippen LogP contribution in [0.4, 0.5) is 11.4 Å². The number of sulfonamides is 1. The molecular formula is C27H31Cl2N7O5S. The second-order valence-electron chi connectivity index (χ2n) is 9.84. The van der Waals surface area contributed by atoms with E-state index >= 15 is 0 Å². The predicted octanol–water partition coefficient (Wildman–Crippen LogP) is 3.07. The van der Waals surface area contributed by atoms with E-state index in [9.17, 15) is 23.1 Å². The molecule has 2 heterocycles. The molecule has 15 heteroatoms. The Morgan fingerprint density at radius 2 is 1.93 bits per heavy atom. The summed E-state index contributed by atoms with van der Waals surface area (Å²) in [6.07, 6.45) is 3.48. The summed E-state index contributed by atoms with van der Waals surface area (Å²) < 4.78 is 28.0. The zero-order valence-corrected chi connectivity index (χ0v) is 25.2. The van der Waals surface area contributed by atoms with Gasteiger partial charge in [-0.1, -0.05) is 41.4 Å². The third-order valence-corrected chi connectivity index (χ3v) is 8.92. The summed E-state index contributed by atoms with van der Waals surface area (Å²) in [7, 11) is -0.140. The van der Waals surface area contributed by atoms with E-state index in [0.717, 1.165) is 0 Å². The normalized spacial score (nSPS) is 16.6. The van der Waals surface area contributed by atoms with E-state index in [-0.39, 0.29) is 50.9 Å². The number of carbonyl (C=O) groups is 2. The fourth-order valence-corrected chi connectivity index (χ4v) is 6.47. The van der Waals surface area contributed by atoms with E-state index < -0.39 is 28.2 Å². The first kappa shape index (κ1) is 31.5. The topological polar surface area (TPSA) is 160 Å². The van der Waals surface area contributed by atoms with Gasteiger partial charge in [-0.25, -0.2) is 8.42 Å². The molecule has 2 aromatic carbocycles. The maximum atomic E-state index is 13.4. The molecule has 2 atom stereocenters. The molecule has 1 aliphatic heterocycles. The van der Waals surface area contributed by atoms with Gasteiger partial charge in [-0.2, -0.15) is 9.40 Å². The number of hydrogen-bond donors (Lipinski definition) is 5. The van der Waals surface area contributed by atoms with Crippen molar-refractivity contribution in [2.45, 2.75) is 23.6 Å². The van der Waals surface area contributed by atoms with Crippen molar-refractivity contribution in [1.29, 1.82) is 0 Å². The van der Waals surface area contributed by atoms with Crippen LogP contribution >= 0.6 is 23.2 Å². The Balaban J connectivity index is 1.38. The number of aliphatic hydroxyl groups is 1. The van der Waals surface area contributed by atoms with Crippen LogP contribution in [0.5, 0.6) is 0 Å². The van der Waals surface area contributed by atoms with E-state index in [0.29, 0.717) is 18.7 Å². The molecule has 4 rings (SSSR count). The lowest BCUT2D eigenvalue weighted by molar-refractivity contribution is -0.111. The number of nitrogens with one attached hydrogen (secondary N) is 4. The minimum atomic E-state index is -3.90. The molecule has 0 radical (unpaired) electrons. The number of carbonyl (C=O) groups excluding carboxylic acids is 2. The lowest BCUT2D eigenvalue weighted by Gasteiger charge is -2.19. The van der Waals surface area contributed by atoms with Gasteiger partial charge < -0.3 is 26.0 Å². The molecular weight excluding hydrogens is 605 g/mol. The Kier molecular flexibility index (Phi) is 10.2. The number of aromatic amines is 1. The standard InChI is InChI=1S/C27H31Cl2N7O5S/c1-35(2)12-5-10-23(37)31-17-6-3-7-19(14-17)42(40,41)36-13-11-18(16-36)32-27(39)25-22(15-30-34-25)33-26(38)24-20(28)8-4-9-21(24)29/h3-10,14-15,18,26,33,38H,11-13,16H2,1-2H3,(H,30,34)(H,31,37)(H,32,39)/b10-5+/t18-,26?/m0/s1. The minimum absolute atomic E-state index is 0.0248. The quantitative estimate of drug-likeness (QED) is 0.159. The third-order valence-electron chi connectivity index (χ3n) is 6.40. The van der Waals surface area contributed by atoms with Gasteiger partial charge in [0.05, 0.1) is 16.8 Å². The van der Waals surface area contributed by atoms with Crippen molar-refractivity contribution in [3.8, 4) is 0 Å². The molecule has 3 aromatic rings. The lowest BCUT2D eigenvalue weighted by Crippen LogP contribution is -2.39. The van der Waals surface area contributed by atoms with Crippen molar-refractivity contribution in [2.24, 2.45) is 0 Å². The van der Waals surface area contributed by atoms with Crippen LogP contribution < -0.4 is 16.0 Å². The lowest BCUT2D eigenvalue weighted by atomic mass is 10.2. The van der Waals surface area contributed by atoms with Crippen LogP contribution in [0.15, 0.2) is 65.7 Å². The van der Waals surface area contributed by atoms with Gasteiger partial charge in [-0.3, -0.25) is 14.7 Å². The summed E-state index contributed by atoms with van der Waals surface area (Å²) in [6.45, 7) is 0.827. The number of aromatic nitrogens is 2. The fourth-order valence-electron chi connectivity index (χ4n) is 4.32. The first-order valence-electron chi connectivity index (χ1n) is 12.9. The van der Waals surface area contributed by atoms with Crippen LogP contribution in [0.3, 0.4) is 0 Å². The van der Waals surface area contributed by atoms with Crippen LogP contribution in [0, 0.1) is 0 Å². The second-order valence-corrected chi connectivity index (χ2v) is 12.6. The highest BCUT2D eigenvalue weighted by atomic mass is 35.5. The summed E-state index contributed by atoms with van der Waals surface area (Å²) in [6, 6.07) is 10.3. The number of rotatable bonds is 11. The van der Waals surface area contributed by atoms with Gasteiger partial charge >= 0.3 is 0 Å². The molecule has 2 amide bonds. The molecule has 42 heavy (non-hydrogen) atoms. The van der Waals surface area contributed by atoms with Gasteiger partial charge in [0.25, 0.3) is 5.91 Å². The largest absolute Gasteiger partial charge is 0.369 e. The summed E-state index contributed by atoms with van der Waals surface area (Å²) in [5, 5.41) is 25.9. The van der Waals surface area contributed by atoms with Crippen molar-refractivity contribution < 1.29 is 23.1 Å². The first-order valence-corrected chi connectivity index (χ1v) is 15.1. The molecule has 0 spiro atoms. The summed E-state index contributed by atoms with van der Waals surface area (Å²) in [5.74, 6) is -0.908. The number of aliphatic hydroxyl groups excluding tert-OH is 1. The number of likely N-dealkylation sites (N-methyl/N-ethyl adjacent to an activating group) is 1. The number of benzene rings is 2. The van der Waals surface area contributed by atoms with E-state index in [1.54, 1.807) is 36.4 Å². The highest BCUT2D eigenvalue weighted by Gasteiger charge is 2.34. The van der Waals surface area contributed by atoms with Crippen molar-refractivity contribution in [1.82, 2.24) is 24.7 Å². The van der Waals surface area contributed by atoms with Gasteiger partial charge in [0.15, 0.2) is 6.23 Å². The Morgan fingerprint density at radius 1 is 1.21 bits per heavy atom. The maximum absolute atomic E-state index is 13.4. The molecule has 224 valence electrons. The van der Waals surface area contributed by atoms with Gasteiger partial charge in [-0.05, 0) is 50.8 Å². The van der Waals surface area contributed by atoms with Gasteiger partial charge in [0.2, 0.25) is 15.9 Å². The molecule has 0 saturated carbocycles. The van der Waals surface area contributed by atoms with Gasteiger partial charge in [0, 0.05) is 53.0 Å². The van der Waals surface area contributed by atoms with Crippen LogP contribution in [0.1, 0.15) is 28.7 Å². The van der Waals surface area contributed by atoms with Crippen LogP contribution in [-0.2, 0) is 14.8 Å². The van der Waals surface area contributed by atoms with Crippen molar-refractivity contribution >= 4 is 56.4 Å². The van der Waals surface area contributed by atoms with Crippen molar-refractivity contribution in [3.05, 3.63) is 82.1 Å². The third kappa shape index (κ3) is 7.68. The molecule has 1 aliphatic rings. The van der Waals surface area contributed by atoms with Crippen LogP contribution in [-0.4, -0.2) is 84.5 Å². The Labute approximate surface area is 253 Å². The summed E-state index contributed by atoms with van der Waals surface area (Å²) in [4.78, 5) is 27.2. The molecule has 1 unspecified atom stereocenters. The smallest absolute Gasteiger partial charge is 0.271 e. The number of halogens is 2. The molecule has 5 N–H and O–H groups in total. The Hall–Kier alpha value is -3.46. The number of amides is 2. The molecule has 0 aliphatic carbocycles. The summed E-state index contributed by atoms with van der Waals surface area (Å²) in [5.41, 5.74) is 0.837. The monoisotopic (exact) mass is 635 g/mol. The number of H-pyrrole nitrogens is 1. The average molecular weight is 637 g/mol. The van der Waals surface area contributed by atoms with E-state index in [4.69, 9.17) is 23.2 Å². The maximum Gasteiger partial charge on any atom is 0.271 e. The molecule has 12 nitrogen and oxygen atoms in total. The second kappa shape index (κ2) is 13.7. The molecule has 1 fully saturated rings. The van der Waals surface area contributed by atoms with Crippen LogP contribution in [0.25, 0.3) is 0 Å². The highest BCUT2D eigenvalue weighted by molar-refractivity contribution is 7.89. The molecule has 1 aromatic heterocycles. The predicted molar refractivity (Wildman–Crippen MR) is 161 cm³/mol. The van der Waals surface area contributed by atoms with Gasteiger partial charge in [0.1, 0.15) is 5.69 Å². The Bertz CT molecular complexity index is 1560. The Morgan fingerprint density at radius 3 is 2.64 bits per heavy atom. The molecule has 0 bridgehead atoms. The zero-order chi connectivity index (χ0) is 30.4. The SMILES string of the molecule is CN(C)C/C=C/C(=O)Nc1cccc(S(=O)(=O)N2CC[C@H](NC(=O)c3[nH]ncc3NC(O)c3c(Cl)cccc3Cl)C2)c1. The zero-order valence-electron chi connectivity index (χ0n) is 22.8. The molecule has 1 saturated heterocycles. The highest BCUT2D eigenvalue weighted by Crippen LogP contribution is 2.31. The fraction of sp³-hybridized carbons (Fsp3) is 0.296. The first-order chi connectivity index (χ1) is 20.0. The summed E-state index contributed by atoms with van der Waals surface area (Å²) >= 11 is 12.3. The van der Waals surface area contributed by atoms with Crippen molar-refractivity contribution in [2.75, 3.05) is 44.4 Å². The van der Waals surface area contributed by atoms with E-state index in [2.05, 4.69) is 26.1 Å². The van der Waals surface area contributed by atoms with Gasteiger partial charge in [-0.15, -0.1) is 0 Å². The minimum Gasteiger partial charge on any atom is -0.369 e. The van der Waals surface area contributed by atoms with E-state index in [1.807, 2.05) is 19.0 Å². The number of nitrogens with zero attached hydrogens (tertiary/aromatic N) is 3.